The molecule has 0 spiro atoms. The van der Waals surface area contributed by atoms with Gasteiger partial charge in [-0.05, 0) is 17.7 Å². The molecule has 0 saturated carbocycles. The van der Waals surface area contributed by atoms with Crippen molar-refractivity contribution in [3.05, 3.63) is 70.1 Å². The third kappa shape index (κ3) is 3.18. The second kappa shape index (κ2) is 7.22. The molecule has 3 aromatic rings. The molecular weight excluding hydrogens is 338 g/mol. The molecule has 3 heterocycles. The number of hydrogen-bond donors (Lipinski definition) is 0. The van der Waals surface area contributed by atoms with E-state index in [0.29, 0.717) is 11.2 Å². The first-order chi connectivity index (χ1) is 13.2. The van der Waals surface area contributed by atoms with Crippen LogP contribution in [0.1, 0.15) is 11.1 Å². The number of anilines is 1. The summed E-state index contributed by atoms with van der Waals surface area (Å²) >= 11 is 0. The molecular formula is C21H21N5O. The topological polar surface area (TPSA) is 65.2 Å². The lowest BCUT2D eigenvalue weighted by atomic mass is 10.1. The van der Waals surface area contributed by atoms with Crippen LogP contribution in [0, 0.1) is 11.3 Å². The first-order valence-electron chi connectivity index (χ1n) is 9.08. The van der Waals surface area contributed by atoms with E-state index in [-0.39, 0.29) is 11.1 Å². The van der Waals surface area contributed by atoms with Gasteiger partial charge in [0, 0.05) is 46.0 Å². The minimum atomic E-state index is -0.264. The van der Waals surface area contributed by atoms with Crippen LogP contribution >= 0.6 is 0 Å². The lowest BCUT2D eigenvalue weighted by Crippen LogP contribution is -2.46. The summed E-state index contributed by atoms with van der Waals surface area (Å²) in [4.78, 5) is 21.7. The van der Waals surface area contributed by atoms with Crippen molar-refractivity contribution in [3.63, 3.8) is 0 Å². The van der Waals surface area contributed by atoms with E-state index in [4.69, 9.17) is 0 Å². The zero-order valence-electron chi connectivity index (χ0n) is 15.3. The summed E-state index contributed by atoms with van der Waals surface area (Å²) in [7, 11) is 1.69. The second-order valence-corrected chi connectivity index (χ2v) is 6.82. The molecule has 1 aliphatic rings. The summed E-state index contributed by atoms with van der Waals surface area (Å²) in [5.41, 5.74) is 3.36. The van der Waals surface area contributed by atoms with Gasteiger partial charge in [0.25, 0.3) is 5.56 Å². The number of nitriles is 1. The van der Waals surface area contributed by atoms with Gasteiger partial charge in [-0.25, -0.2) is 0 Å². The molecule has 0 atom stereocenters. The van der Waals surface area contributed by atoms with E-state index in [0.717, 1.165) is 38.2 Å². The molecule has 2 aromatic heterocycles. The largest absolute Gasteiger partial charge is 0.366 e. The summed E-state index contributed by atoms with van der Waals surface area (Å²) in [5, 5.41) is 9.63. The number of benzene rings is 1. The average molecular weight is 359 g/mol. The van der Waals surface area contributed by atoms with Gasteiger partial charge in [-0.1, -0.05) is 30.3 Å². The second-order valence-electron chi connectivity index (χ2n) is 6.82. The Kier molecular flexibility index (Phi) is 4.61. The van der Waals surface area contributed by atoms with Gasteiger partial charge in [0.1, 0.15) is 17.1 Å². The van der Waals surface area contributed by atoms with Crippen LogP contribution in [0.25, 0.3) is 11.0 Å². The van der Waals surface area contributed by atoms with Gasteiger partial charge in [-0.15, -0.1) is 0 Å². The van der Waals surface area contributed by atoms with Crippen molar-refractivity contribution in [2.75, 3.05) is 31.1 Å². The zero-order valence-corrected chi connectivity index (χ0v) is 15.3. The van der Waals surface area contributed by atoms with E-state index in [2.05, 4.69) is 45.1 Å². The number of aromatic nitrogens is 2. The van der Waals surface area contributed by atoms with E-state index < -0.39 is 0 Å². The van der Waals surface area contributed by atoms with Crippen LogP contribution in [0.15, 0.2) is 53.5 Å². The highest BCUT2D eigenvalue weighted by atomic mass is 16.1. The molecule has 0 N–H and O–H groups in total. The maximum atomic E-state index is 12.7. The van der Waals surface area contributed by atoms with Gasteiger partial charge in [-0.3, -0.25) is 14.7 Å². The van der Waals surface area contributed by atoms with Crippen molar-refractivity contribution < 1.29 is 0 Å². The highest BCUT2D eigenvalue weighted by Gasteiger charge is 2.24. The number of fused-ring (bicyclic) bond motifs is 1. The molecule has 1 saturated heterocycles. The van der Waals surface area contributed by atoms with Crippen molar-refractivity contribution in [2.24, 2.45) is 7.05 Å². The molecule has 1 aliphatic heterocycles. The summed E-state index contributed by atoms with van der Waals surface area (Å²) in [6, 6.07) is 16.2. The SMILES string of the molecule is Cn1c(=O)c(C#N)c(N2CCN(Cc3ccccc3)CC2)c2ncccc21. The molecule has 0 bridgehead atoms. The maximum Gasteiger partial charge on any atom is 0.270 e. The van der Waals surface area contributed by atoms with Crippen LogP contribution in [0.2, 0.25) is 0 Å². The molecule has 0 radical (unpaired) electrons. The zero-order chi connectivity index (χ0) is 18.8. The first-order valence-corrected chi connectivity index (χ1v) is 9.08. The van der Waals surface area contributed by atoms with Gasteiger partial charge in [0.15, 0.2) is 0 Å². The minimum absolute atomic E-state index is 0.181. The Bertz CT molecular complexity index is 1060. The Balaban J connectivity index is 1.64. The Labute approximate surface area is 157 Å². The van der Waals surface area contributed by atoms with Crippen molar-refractivity contribution in [1.29, 1.82) is 5.26 Å². The molecule has 27 heavy (non-hydrogen) atoms. The Morgan fingerprint density at radius 3 is 2.52 bits per heavy atom. The van der Waals surface area contributed by atoms with Crippen LogP contribution < -0.4 is 10.5 Å². The normalized spacial score (nSPS) is 15.0. The van der Waals surface area contributed by atoms with Crippen LogP contribution in [0.5, 0.6) is 0 Å². The molecule has 0 aliphatic carbocycles. The highest BCUT2D eigenvalue weighted by molar-refractivity contribution is 5.91. The number of piperazine rings is 1. The monoisotopic (exact) mass is 359 g/mol. The van der Waals surface area contributed by atoms with Crippen molar-refractivity contribution >= 4 is 16.7 Å². The Morgan fingerprint density at radius 1 is 1.07 bits per heavy atom. The summed E-state index contributed by atoms with van der Waals surface area (Å²) in [6.45, 7) is 4.20. The molecule has 6 nitrogen and oxygen atoms in total. The predicted octanol–water partition coefficient (Wildman–Crippen LogP) is 2.13. The van der Waals surface area contributed by atoms with Crippen LogP contribution in [-0.2, 0) is 13.6 Å². The fourth-order valence-corrected chi connectivity index (χ4v) is 3.73. The maximum absolute atomic E-state index is 12.7. The van der Waals surface area contributed by atoms with Crippen LogP contribution in [-0.4, -0.2) is 40.6 Å². The lowest BCUT2D eigenvalue weighted by molar-refractivity contribution is 0.250. The fourth-order valence-electron chi connectivity index (χ4n) is 3.73. The quantitative estimate of drug-likeness (QED) is 0.717. The highest BCUT2D eigenvalue weighted by Crippen LogP contribution is 2.27. The van der Waals surface area contributed by atoms with Crippen molar-refractivity contribution in [1.82, 2.24) is 14.5 Å². The Morgan fingerprint density at radius 2 is 1.81 bits per heavy atom. The van der Waals surface area contributed by atoms with Gasteiger partial charge < -0.3 is 9.47 Å². The first kappa shape index (κ1) is 17.3. The van der Waals surface area contributed by atoms with E-state index in [9.17, 15) is 10.1 Å². The number of nitrogens with zero attached hydrogens (tertiary/aromatic N) is 5. The average Bonchev–Trinajstić information content (AvgIpc) is 2.72. The van der Waals surface area contributed by atoms with Gasteiger partial charge >= 0.3 is 0 Å². The summed E-state index contributed by atoms with van der Waals surface area (Å²) in [6.07, 6.45) is 1.71. The summed E-state index contributed by atoms with van der Waals surface area (Å²) < 4.78 is 1.51. The Hall–Kier alpha value is -3.17. The third-order valence-electron chi connectivity index (χ3n) is 5.18. The van der Waals surface area contributed by atoms with Gasteiger partial charge in [-0.2, -0.15) is 5.26 Å². The minimum Gasteiger partial charge on any atom is -0.366 e. The van der Waals surface area contributed by atoms with E-state index >= 15 is 0 Å². The molecule has 136 valence electrons. The predicted molar refractivity (Wildman–Crippen MR) is 106 cm³/mol. The molecule has 1 fully saturated rings. The van der Waals surface area contributed by atoms with Gasteiger partial charge in [0.2, 0.25) is 0 Å². The van der Waals surface area contributed by atoms with Crippen molar-refractivity contribution in [2.45, 2.75) is 6.54 Å². The number of aryl methyl sites for hydroxylation is 1. The molecule has 0 unspecified atom stereocenters. The molecule has 0 amide bonds. The number of hydrogen-bond acceptors (Lipinski definition) is 5. The number of rotatable bonds is 3. The lowest BCUT2D eigenvalue weighted by Gasteiger charge is -2.36. The van der Waals surface area contributed by atoms with E-state index in [1.807, 2.05) is 18.2 Å². The molecule has 6 heteroatoms. The number of pyridine rings is 2. The third-order valence-corrected chi connectivity index (χ3v) is 5.18. The summed E-state index contributed by atoms with van der Waals surface area (Å²) in [5.74, 6) is 0. The van der Waals surface area contributed by atoms with E-state index in [1.165, 1.54) is 10.1 Å². The fraction of sp³-hybridized carbons (Fsp3) is 0.286. The van der Waals surface area contributed by atoms with E-state index in [1.54, 1.807) is 13.2 Å². The standard InChI is InChI=1S/C21H21N5O/c1-24-18-8-5-9-23-19(18)20(17(14-22)21(24)27)26-12-10-25(11-13-26)15-16-6-3-2-4-7-16/h2-9H,10-13,15H2,1H3. The van der Waals surface area contributed by atoms with Crippen molar-refractivity contribution in [3.8, 4) is 6.07 Å². The van der Waals surface area contributed by atoms with Crippen LogP contribution in [0.3, 0.4) is 0 Å². The molecule has 1 aromatic carbocycles. The van der Waals surface area contributed by atoms with Gasteiger partial charge in [0.05, 0.1) is 11.2 Å². The van der Waals surface area contributed by atoms with Crippen LogP contribution in [0.4, 0.5) is 5.69 Å². The molecule has 4 rings (SSSR count). The smallest absolute Gasteiger partial charge is 0.270 e.